The lowest BCUT2D eigenvalue weighted by atomic mass is 9.82. The van der Waals surface area contributed by atoms with Crippen molar-refractivity contribution in [2.45, 2.75) is 25.2 Å². The Morgan fingerprint density at radius 3 is 1.24 bits per heavy atom. The molecule has 128 valence electrons. The third-order valence-electron chi connectivity index (χ3n) is 4.64. The Balaban J connectivity index is 1.91. The van der Waals surface area contributed by atoms with Gasteiger partial charge in [0.15, 0.2) is 0 Å². The molecular formula is C22H22O3. The standard InChI is InChI=1S/C22H22O3/c1-15(16-2-8-19(23)9-3-16)14-22(17-4-10-20(24)11-5-17)18-6-12-21(25)13-7-18/h2-13,15,22-25H,14H2,1H3. The molecule has 0 aliphatic carbocycles. The van der Waals surface area contributed by atoms with E-state index in [1.54, 1.807) is 36.4 Å². The molecule has 3 rings (SSSR count). The molecule has 0 spiro atoms. The fourth-order valence-electron chi connectivity index (χ4n) is 3.17. The first-order valence-corrected chi connectivity index (χ1v) is 8.39. The van der Waals surface area contributed by atoms with E-state index in [0.717, 1.165) is 17.5 Å². The van der Waals surface area contributed by atoms with Crippen molar-refractivity contribution in [1.82, 2.24) is 0 Å². The Bertz CT molecular complexity index is 760. The van der Waals surface area contributed by atoms with Crippen LogP contribution in [0.25, 0.3) is 0 Å². The average molecular weight is 334 g/mol. The van der Waals surface area contributed by atoms with Gasteiger partial charge in [0.2, 0.25) is 0 Å². The summed E-state index contributed by atoms with van der Waals surface area (Å²) >= 11 is 0. The minimum absolute atomic E-state index is 0.144. The number of phenols is 3. The van der Waals surface area contributed by atoms with Gasteiger partial charge in [-0.25, -0.2) is 0 Å². The Labute approximate surface area is 147 Å². The maximum absolute atomic E-state index is 9.57. The summed E-state index contributed by atoms with van der Waals surface area (Å²) in [4.78, 5) is 0. The normalized spacial score (nSPS) is 12.2. The SMILES string of the molecule is CC(CC(c1ccc(O)cc1)c1ccc(O)cc1)c1ccc(O)cc1. The lowest BCUT2D eigenvalue weighted by molar-refractivity contribution is 0.474. The number of benzene rings is 3. The summed E-state index contributed by atoms with van der Waals surface area (Å²) in [5.74, 6) is 1.20. The first kappa shape index (κ1) is 16.9. The molecule has 1 unspecified atom stereocenters. The summed E-state index contributed by atoms with van der Waals surface area (Å²) in [6.07, 6.45) is 0.875. The Morgan fingerprint density at radius 1 is 0.560 bits per heavy atom. The molecule has 0 amide bonds. The molecule has 1 atom stereocenters. The first-order chi connectivity index (χ1) is 12.0. The van der Waals surface area contributed by atoms with Gasteiger partial charge in [0, 0.05) is 5.92 Å². The number of hydrogen-bond donors (Lipinski definition) is 3. The molecule has 0 saturated carbocycles. The van der Waals surface area contributed by atoms with Gasteiger partial charge in [-0.15, -0.1) is 0 Å². The van der Waals surface area contributed by atoms with Crippen molar-refractivity contribution in [2.75, 3.05) is 0 Å². The quantitative estimate of drug-likeness (QED) is 0.606. The van der Waals surface area contributed by atoms with Gasteiger partial charge in [0.1, 0.15) is 17.2 Å². The second-order valence-electron chi connectivity index (χ2n) is 6.46. The van der Waals surface area contributed by atoms with Gasteiger partial charge in [0.05, 0.1) is 0 Å². The summed E-state index contributed by atoms with van der Waals surface area (Å²) in [6, 6.07) is 21.9. The zero-order chi connectivity index (χ0) is 17.8. The molecule has 0 aliphatic heterocycles. The highest BCUT2D eigenvalue weighted by molar-refractivity contribution is 5.38. The molecule has 0 bridgehead atoms. The molecule has 0 saturated heterocycles. The summed E-state index contributed by atoms with van der Waals surface area (Å²) in [7, 11) is 0. The highest BCUT2D eigenvalue weighted by atomic mass is 16.3. The van der Waals surface area contributed by atoms with E-state index in [4.69, 9.17) is 0 Å². The minimum atomic E-state index is 0.144. The monoisotopic (exact) mass is 334 g/mol. The highest BCUT2D eigenvalue weighted by Gasteiger charge is 2.19. The van der Waals surface area contributed by atoms with Gasteiger partial charge in [-0.1, -0.05) is 43.3 Å². The Hall–Kier alpha value is -2.94. The number of aromatic hydroxyl groups is 3. The molecule has 3 heteroatoms. The number of rotatable bonds is 5. The maximum atomic E-state index is 9.57. The maximum Gasteiger partial charge on any atom is 0.115 e. The van der Waals surface area contributed by atoms with Crippen LogP contribution in [-0.2, 0) is 0 Å². The van der Waals surface area contributed by atoms with Crippen molar-refractivity contribution in [3.8, 4) is 17.2 Å². The van der Waals surface area contributed by atoms with Crippen molar-refractivity contribution in [3.05, 3.63) is 89.5 Å². The van der Waals surface area contributed by atoms with Crippen LogP contribution in [0, 0.1) is 0 Å². The van der Waals surface area contributed by atoms with Crippen LogP contribution in [-0.4, -0.2) is 15.3 Å². The molecule has 0 fully saturated rings. The van der Waals surface area contributed by atoms with Crippen LogP contribution in [0.1, 0.15) is 41.9 Å². The van der Waals surface area contributed by atoms with E-state index in [2.05, 4.69) is 6.92 Å². The van der Waals surface area contributed by atoms with Crippen LogP contribution >= 0.6 is 0 Å². The third-order valence-corrected chi connectivity index (χ3v) is 4.64. The van der Waals surface area contributed by atoms with Crippen molar-refractivity contribution < 1.29 is 15.3 Å². The predicted octanol–water partition coefficient (Wildman–Crippen LogP) is 5.13. The summed E-state index contributed by atoms with van der Waals surface area (Å²) in [5, 5.41) is 28.6. The van der Waals surface area contributed by atoms with Crippen molar-refractivity contribution in [1.29, 1.82) is 0 Å². The first-order valence-electron chi connectivity index (χ1n) is 8.39. The third kappa shape index (κ3) is 4.13. The molecule has 0 heterocycles. The topological polar surface area (TPSA) is 60.7 Å². The van der Waals surface area contributed by atoms with E-state index in [-0.39, 0.29) is 29.1 Å². The molecule has 3 N–H and O–H groups in total. The molecule has 0 radical (unpaired) electrons. The van der Waals surface area contributed by atoms with Crippen LogP contribution in [0.15, 0.2) is 72.8 Å². The zero-order valence-corrected chi connectivity index (χ0v) is 14.1. The predicted molar refractivity (Wildman–Crippen MR) is 99.2 cm³/mol. The Morgan fingerprint density at radius 2 is 0.880 bits per heavy atom. The largest absolute Gasteiger partial charge is 0.508 e. The van der Waals surface area contributed by atoms with E-state index >= 15 is 0 Å². The molecule has 3 aromatic rings. The van der Waals surface area contributed by atoms with E-state index in [1.165, 1.54) is 5.56 Å². The molecule has 25 heavy (non-hydrogen) atoms. The van der Waals surface area contributed by atoms with E-state index in [9.17, 15) is 15.3 Å². The zero-order valence-electron chi connectivity index (χ0n) is 14.1. The van der Waals surface area contributed by atoms with Gasteiger partial charge < -0.3 is 15.3 Å². The fourth-order valence-corrected chi connectivity index (χ4v) is 3.17. The van der Waals surface area contributed by atoms with Gasteiger partial charge in [-0.3, -0.25) is 0 Å². The minimum Gasteiger partial charge on any atom is -0.508 e. The Kier molecular flexibility index (Phi) is 4.94. The van der Waals surface area contributed by atoms with Crippen molar-refractivity contribution >= 4 is 0 Å². The number of hydrogen-bond acceptors (Lipinski definition) is 3. The van der Waals surface area contributed by atoms with E-state index < -0.39 is 0 Å². The molecular weight excluding hydrogens is 312 g/mol. The van der Waals surface area contributed by atoms with Crippen molar-refractivity contribution in [2.24, 2.45) is 0 Å². The van der Waals surface area contributed by atoms with Crippen LogP contribution in [0.5, 0.6) is 17.2 Å². The lowest BCUT2D eigenvalue weighted by Crippen LogP contribution is -2.06. The lowest BCUT2D eigenvalue weighted by Gasteiger charge is -2.23. The highest BCUT2D eigenvalue weighted by Crippen LogP contribution is 2.36. The van der Waals surface area contributed by atoms with E-state index in [1.807, 2.05) is 36.4 Å². The smallest absolute Gasteiger partial charge is 0.115 e. The molecule has 0 aliphatic rings. The van der Waals surface area contributed by atoms with Crippen molar-refractivity contribution in [3.63, 3.8) is 0 Å². The number of phenolic OH excluding ortho intramolecular Hbond substituents is 3. The van der Waals surface area contributed by atoms with Crippen LogP contribution < -0.4 is 0 Å². The summed E-state index contributed by atoms with van der Waals surface area (Å²) in [5.41, 5.74) is 3.41. The van der Waals surface area contributed by atoms with Crippen LogP contribution in [0.2, 0.25) is 0 Å². The molecule has 0 aromatic heterocycles. The van der Waals surface area contributed by atoms with Gasteiger partial charge in [-0.2, -0.15) is 0 Å². The second kappa shape index (κ2) is 7.31. The van der Waals surface area contributed by atoms with Crippen LogP contribution in [0.4, 0.5) is 0 Å². The van der Waals surface area contributed by atoms with Crippen LogP contribution in [0.3, 0.4) is 0 Å². The summed E-state index contributed by atoms with van der Waals surface area (Å²) < 4.78 is 0. The molecule has 3 nitrogen and oxygen atoms in total. The second-order valence-corrected chi connectivity index (χ2v) is 6.46. The van der Waals surface area contributed by atoms with Gasteiger partial charge in [0.25, 0.3) is 0 Å². The average Bonchev–Trinajstić information content (AvgIpc) is 2.62. The van der Waals surface area contributed by atoms with Gasteiger partial charge >= 0.3 is 0 Å². The fraction of sp³-hybridized carbons (Fsp3) is 0.182. The van der Waals surface area contributed by atoms with E-state index in [0.29, 0.717) is 0 Å². The van der Waals surface area contributed by atoms with Gasteiger partial charge in [-0.05, 0) is 65.4 Å². The summed E-state index contributed by atoms with van der Waals surface area (Å²) in [6.45, 7) is 2.17. The molecule has 3 aromatic carbocycles.